The van der Waals surface area contributed by atoms with E-state index in [1.165, 1.54) is 0 Å². The summed E-state index contributed by atoms with van der Waals surface area (Å²) in [5, 5.41) is 14.3. The van der Waals surface area contributed by atoms with Gasteiger partial charge in [0.25, 0.3) is 0 Å². The number of rotatable bonds is 6. The number of fused-ring (bicyclic) bond motifs is 3. The minimum atomic E-state index is 0.127. The molecule has 0 aliphatic heterocycles. The van der Waals surface area contributed by atoms with E-state index in [1.807, 2.05) is 41.1 Å². The summed E-state index contributed by atoms with van der Waals surface area (Å²) < 4.78 is 3.47. The molecule has 0 radical (unpaired) electrons. The van der Waals surface area contributed by atoms with Crippen molar-refractivity contribution in [3.8, 4) is 0 Å². The van der Waals surface area contributed by atoms with E-state index in [9.17, 15) is 0 Å². The molecule has 3 aromatic heterocycles. The number of benzene rings is 2. The van der Waals surface area contributed by atoms with Gasteiger partial charge in [0.15, 0.2) is 23.7 Å². The second-order valence-electron chi connectivity index (χ2n) is 6.60. The van der Waals surface area contributed by atoms with E-state index < -0.39 is 0 Å². The molecular formula is C21H16ClN7O. The Labute approximate surface area is 176 Å². The summed E-state index contributed by atoms with van der Waals surface area (Å²) >= 11 is 6.09. The highest BCUT2D eigenvalue weighted by Gasteiger charge is 2.13. The summed E-state index contributed by atoms with van der Waals surface area (Å²) in [6, 6.07) is 17.5. The molecule has 0 unspecified atom stereocenters. The van der Waals surface area contributed by atoms with Crippen LogP contribution in [-0.4, -0.2) is 35.6 Å². The molecule has 0 saturated heterocycles. The van der Waals surface area contributed by atoms with Gasteiger partial charge in [-0.05, 0) is 11.6 Å². The average molecular weight is 418 g/mol. The molecule has 0 spiro atoms. The maximum Gasteiger partial charge on any atom is 0.192 e. The summed E-state index contributed by atoms with van der Waals surface area (Å²) in [4.78, 5) is 14.4. The molecular weight excluding hydrogens is 402 g/mol. The van der Waals surface area contributed by atoms with Gasteiger partial charge in [-0.2, -0.15) is 5.10 Å². The lowest BCUT2D eigenvalue weighted by molar-refractivity contribution is 0.126. The van der Waals surface area contributed by atoms with Crippen molar-refractivity contribution in [2.45, 2.75) is 13.2 Å². The number of nitrogens with zero attached hydrogens (tertiary/aromatic N) is 7. The van der Waals surface area contributed by atoms with Gasteiger partial charge in [-0.3, -0.25) is 0 Å². The number of aromatic nitrogens is 6. The normalized spacial score (nSPS) is 11.6. The minimum Gasteiger partial charge on any atom is -0.387 e. The van der Waals surface area contributed by atoms with E-state index in [2.05, 4.69) is 37.5 Å². The first-order valence-electron chi connectivity index (χ1n) is 9.27. The van der Waals surface area contributed by atoms with E-state index in [4.69, 9.17) is 16.4 Å². The van der Waals surface area contributed by atoms with Gasteiger partial charge in [0.2, 0.25) is 0 Å². The van der Waals surface area contributed by atoms with Gasteiger partial charge in [-0.1, -0.05) is 65.3 Å². The summed E-state index contributed by atoms with van der Waals surface area (Å²) in [6.07, 6.45) is 4.95. The zero-order valence-corrected chi connectivity index (χ0v) is 16.5. The first-order valence-corrected chi connectivity index (χ1v) is 9.65. The third-order valence-corrected chi connectivity index (χ3v) is 4.90. The number of oxime groups is 1. The van der Waals surface area contributed by atoms with Crippen LogP contribution < -0.4 is 0 Å². The van der Waals surface area contributed by atoms with Crippen LogP contribution in [0.2, 0.25) is 5.02 Å². The molecule has 2 aromatic carbocycles. The largest absolute Gasteiger partial charge is 0.387 e. The maximum atomic E-state index is 6.09. The van der Waals surface area contributed by atoms with Crippen molar-refractivity contribution < 1.29 is 4.84 Å². The van der Waals surface area contributed by atoms with Crippen LogP contribution >= 0.6 is 11.6 Å². The van der Waals surface area contributed by atoms with Crippen molar-refractivity contribution >= 4 is 34.5 Å². The lowest BCUT2D eigenvalue weighted by Crippen LogP contribution is -2.03. The van der Waals surface area contributed by atoms with Crippen LogP contribution in [0.15, 0.2) is 72.3 Å². The maximum absolute atomic E-state index is 6.09. The Morgan fingerprint density at radius 1 is 1.03 bits per heavy atom. The van der Waals surface area contributed by atoms with Gasteiger partial charge in [-0.15, -0.1) is 5.10 Å². The highest BCUT2D eigenvalue weighted by molar-refractivity contribution is 6.33. The fraction of sp³-hybridized carbons (Fsp3) is 0.0952. The average Bonchev–Trinajstić information content (AvgIpc) is 3.37. The van der Waals surface area contributed by atoms with Crippen molar-refractivity contribution in [1.29, 1.82) is 0 Å². The quantitative estimate of drug-likeness (QED) is 0.310. The summed E-state index contributed by atoms with van der Waals surface area (Å²) in [6.45, 7) is 0.761. The van der Waals surface area contributed by atoms with Gasteiger partial charge in [0.05, 0.1) is 24.3 Å². The monoisotopic (exact) mass is 417 g/mol. The highest BCUT2D eigenvalue weighted by atomic mass is 35.5. The first kappa shape index (κ1) is 18.3. The van der Waals surface area contributed by atoms with E-state index >= 15 is 0 Å². The molecule has 5 rings (SSSR count). The van der Waals surface area contributed by atoms with Gasteiger partial charge in [0.1, 0.15) is 6.33 Å². The molecule has 8 nitrogen and oxygen atoms in total. The Hall–Kier alpha value is -3.78. The SMILES string of the molecule is Clc1ccccc1/C=N\OCc1nc2c3cnn(Cc4ccccc4)c3ncn2n1. The van der Waals surface area contributed by atoms with Crippen molar-refractivity contribution in [1.82, 2.24) is 29.4 Å². The smallest absolute Gasteiger partial charge is 0.192 e. The number of hydrogen-bond acceptors (Lipinski definition) is 6. The van der Waals surface area contributed by atoms with Crippen LogP contribution in [0.1, 0.15) is 17.0 Å². The van der Waals surface area contributed by atoms with Gasteiger partial charge in [0, 0.05) is 10.6 Å². The number of hydrogen-bond donors (Lipinski definition) is 0. The topological polar surface area (TPSA) is 82.5 Å². The number of halogens is 1. The van der Waals surface area contributed by atoms with Crippen molar-refractivity contribution in [2.24, 2.45) is 5.16 Å². The molecule has 3 heterocycles. The molecule has 30 heavy (non-hydrogen) atoms. The predicted molar refractivity (Wildman–Crippen MR) is 113 cm³/mol. The lowest BCUT2D eigenvalue weighted by Gasteiger charge is -2.02. The molecule has 9 heteroatoms. The molecule has 0 aliphatic rings. The van der Waals surface area contributed by atoms with Crippen molar-refractivity contribution in [3.05, 3.63) is 89.1 Å². The van der Waals surface area contributed by atoms with Crippen molar-refractivity contribution in [3.63, 3.8) is 0 Å². The fourth-order valence-electron chi connectivity index (χ4n) is 3.12. The van der Waals surface area contributed by atoms with Crippen LogP contribution in [0.3, 0.4) is 0 Å². The molecule has 0 saturated carbocycles. The Bertz CT molecular complexity index is 1340. The van der Waals surface area contributed by atoms with E-state index in [-0.39, 0.29) is 6.61 Å². The van der Waals surface area contributed by atoms with Gasteiger partial charge < -0.3 is 4.84 Å². The highest BCUT2D eigenvalue weighted by Crippen LogP contribution is 2.18. The molecule has 0 aliphatic carbocycles. The molecule has 0 fully saturated rings. The van der Waals surface area contributed by atoms with Crippen LogP contribution in [0.5, 0.6) is 0 Å². The zero-order chi connectivity index (χ0) is 20.3. The minimum absolute atomic E-state index is 0.127. The predicted octanol–water partition coefficient (Wildman–Crippen LogP) is 3.73. The Morgan fingerprint density at radius 3 is 2.73 bits per heavy atom. The first-order chi connectivity index (χ1) is 14.8. The second-order valence-corrected chi connectivity index (χ2v) is 7.00. The van der Waals surface area contributed by atoms with E-state index in [0.717, 1.165) is 22.2 Å². The van der Waals surface area contributed by atoms with Crippen LogP contribution in [0.4, 0.5) is 0 Å². The van der Waals surface area contributed by atoms with Crippen molar-refractivity contribution in [2.75, 3.05) is 0 Å². The third-order valence-electron chi connectivity index (χ3n) is 4.56. The Morgan fingerprint density at radius 2 is 1.87 bits per heavy atom. The molecule has 0 amide bonds. The molecule has 5 aromatic rings. The Kier molecular flexibility index (Phi) is 4.82. The molecule has 148 valence electrons. The molecule has 0 N–H and O–H groups in total. The van der Waals surface area contributed by atoms with Gasteiger partial charge in [-0.25, -0.2) is 19.2 Å². The summed E-state index contributed by atoms with van der Waals surface area (Å²) in [5.74, 6) is 0.497. The summed E-state index contributed by atoms with van der Waals surface area (Å²) in [5.41, 5.74) is 3.35. The van der Waals surface area contributed by atoms with Crippen LogP contribution in [0.25, 0.3) is 16.7 Å². The zero-order valence-electron chi connectivity index (χ0n) is 15.8. The molecule has 0 bridgehead atoms. The third kappa shape index (κ3) is 3.60. The summed E-state index contributed by atoms with van der Waals surface area (Å²) in [7, 11) is 0. The van der Waals surface area contributed by atoms with Crippen LogP contribution in [0, 0.1) is 0 Å². The standard InChI is InChI=1S/C21H16ClN7O/c22-18-9-5-4-8-16(18)10-25-30-13-19-26-21-17-11-24-28(12-15-6-2-1-3-7-15)20(17)23-14-29(21)27-19/h1-11,14H,12-13H2/b25-10-. The lowest BCUT2D eigenvalue weighted by atomic mass is 10.2. The Balaban J connectivity index is 1.35. The van der Waals surface area contributed by atoms with Gasteiger partial charge >= 0.3 is 0 Å². The molecule has 0 atom stereocenters. The van der Waals surface area contributed by atoms with E-state index in [1.54, 1.807) is 29.3 Å². The fourth-order valence-corrected chi connectivity index (χ4v) is 3.30. The van der Waals surface area contributed by atoms with Crippen LogP contribution in [-0.2, 0) is 18.0 Å². The van der Waals surface area contributed by atoms with E-state index in [0.29, 0.717) is 23.0 Å². The second kappa shape index (κ2) is 7.92.